The van der Waals surface area contributed by atoms with E-state index in [1.165, 1.54) is 10.9 Å². The van der Waals surface area contributed by atoms with Crippen molar-refractivity contribution in [1.82, 2.24) is 14.5 Å². The molecule has 1 aromatic carbocycles. The van der Waals surface area contributed by atoms with E-state index in [0.29, 0.717) is 6.54 Å². The normalized spacial score (nSPS) is 11.2. The molecular weight excluding hydrogens is 224 g/mol. The molecule has 0 fully saturated rings. The van der Waals surface area contributed by atoms with Gasteiger partial charge in [0.15, 0.2) is 0 Å². The molecule has 0 bridgehead atoms. The van der Waals surface area contributed by atoms with Gasteiger partial charge in [0, 0.05) is 35.2 Å². The highest BCUT2D eigenvalue weighted by molar-refractivity contribution is 5.85. The van der Waals surface area contributed by atoms with Crippen LogP contribution in [0.5, 0.6) is 0 Å². The van der Waals surface area contributed by atoms with Crippen molar-refractivity contribution in [3.63, 3.8) is 0 Å². The first-order chi connectivity index (χ1) is 8.79. The summed E-state index contributed by atoms with van der Waals surface area (Å²) < 4.78 is 2.08. The van der Waals surface area contributed by atoms with Gasteiger partial charge in [0.05, 0.1) is 0 Å². The molecule has 0 saturated heterocycles. The number of hydrogen-bond donors (Lipinski definition) is 2. The molecule has 0 aliphatic heterocycles. The van der Waals surface area contributed by atoms with Gasteiger partial charge in [-0.05, 0) is 43.7 Å². The topological polar surface area (TPSA) is 59.6 Å². The Kier molecular flexibility index (Phi) is 2.64. The summed E-state index contributed by atoms with van der Waals surface area (Å²) in [5.74, 6) is 0.991. The Hall–Kier alpha value is -2.07. The number of hydrogen-bond acceptors (Lipinski definition) is 2. The molecule has 0 aliphatic rings. The number of imidazole rings is 1. The number of nitrogens with one attached hydrogen (secondary N) is 1. The highest BCUT2D eigenvalue weighted by Gasteiger charge is 2.06. The first-order valence-electron chi connectivity index (χ1n) is 6.10. The average Bonchev–Trinajstić information content (AvgIpc) is 2.96. The maximum atomic E-state index is 5.64. The molecule has 2 aromatic heterocycles. The fourth-order valence-corrected chi connectivity index (χ4v) is 2.33. The summed E-state index contributed by atoms with van der Waals surface area (Å²) in [6.45, 7) is 2.67. The first kappa shape index (κ1) is 11.0. The smallest absolute Gasteiger partial charge is 0.110 e. The summed E-state index contributed by atoms with van der Waals surface area (Å²) in [5.41, 5.74) is 9.20. The number of H-pyrrole nitrogens is 1. The van der Waals surface area contributed by atoms with E-state index >= 15 is 0 Å². The van der Waals surface area contributed by atoms with Gasteiger partial charge < -0.3 is 15.3 Å². The quantitative estimate of drug-likeness (QED) is 0.737. The number of fused-ring (bicyclic) bond motifs is 1. The van der Waals surface area contributed by atoms with Gasteiger partial charge in [-0.25, -0.2) is 4.98 Å². The lowest BCUT2D eigenvalue weighted by Crippen LogP contribution is -2.02. The van der Waals surface area contributed by atoms with E-state index in [1.807, 2.05) is 25.5 Å². The van der Waals surface area contributed by atoms with Crippen LogP contribution in [0, 0.1) is 6.92 Å². The predicted octanol–water partition coefficient (Wildman–Crippen LogP) is 2.16. The molecule has 18 heavy (non-hydrogen) atoms. The van der Waals surface area contributed by atoms with E-state index in [4.69, 9.17) is 5.73 Å². The molecule has 2 heterocycles. The third-order valence-electron chi connectivity index (χ3n) is 3.27. The monoisotopic (exact) mass is 240 g/mol. The maximum absolute atomic E-state index is 5.64. The highest BCUT2D eigenvalue weighted by Crippen LogP contribution is 2.22. The summed E-state index contributed by atoms with van der Waals surface area (Å²) in [7, 11) is 0. The summed E-state index contributed by atoms with van der Waals surface area (Å²) in [6, 6.07) is 6.38. The average molecular weight is 240 g/mol. The van der Waals surface area contributed by atoms with Crippen LogP contribution in [-0.4, -0.2) is 21.1 Å². The minimum Gasteiger partial charge on any atom is -0.361 e. The van der Waals surface area contributed by atoms with Crippen LogP contribution < -0.4 is 5.73 Å². The number of rotatable bonds is 3. The van der Waals surface area contributed by atoms with Crippen molar-refractivity contribution in [2.24, 2.45) is 5.73 Å². The van der Waals surface area contributed by atoms with Crippen LogP contribution in [0.1, 0.15) is 11.4 Å². The van der Waals surface area contributed by atoms with Crippen LogP contribution in [0.15, 0.2) is 36.8 Å². The zero-order valence-corrected chi connectivity index (χ0v) is 10.4. The number of aromatic nitrogens is 3. The SMILES string of the molecule is Cc1nccn1-c1ccc2[nH]cc(CCN)c2c1. The molecule has 0 radical (unpaired) electrons. The summed E-state index contributed by atoms with van der Waals surface area (Å²) in [4.78, 5) is 7.53. The van der Waals surface area contributed by atoms with Crippen LogP contribution in [0.3, 0.4) is 0 Å². The van der Waals surface area contributed by atoms with Crippen LogP contribution in [-0.2, 0) is 6.42 Å². The lowest BCUT2D eigenvalue weighted by Gasteiger charge is -2.05. The molecule has 3 aromatic rings. The lowest BCUT2D eigenvalue weighted by atomic mass is 10.1. The van der Waals surface area contributed by atoms with E-state index in [1.54, 1.807) is 0 Å². The Bertz CT molecular complexity index is 678. The Morgan fingerprint density at radius 2 is 2.28 bits per heavy atom. The van der Waals surface area contributed by atoms with E-state index in [2.05, 4.69) is 32.7 Å². The van der Waals surface area contributed by atoms with Gasteiger partial charge in [0.2, 0.25) is 0 Å². The number of aromatic amines is 1. The third-order valence-corrected chi connectivity index (χ3v) is 3.27. The van der Waals surface area contributed by atoms with Gasteiger partial charge in [-0.1, -0.05) is 0 Å². The second kappa shape index (κ2) is 4.31. The molecule has 4 nitrogen and oxygen atoms in total. The molecule has 0 aliphatic carbocycles. The van der Waals surface area contributed by atoms with Crippen molar-refractivity contribution in [2.45, 2.75) is 13.3 Å². The van der Waals surface area contributed by atoms with Crippen molar-refractivity contribution in [3.8, 4) is 5.69 Å². The molecule has 3 rings (SSSR count). The van der Waals surface area contributed by atoms with Crippen molar-refractivity contribution >= 4 is 10.9 Å². The third kappa shape index (κ3) is 1.71. The number of nitrogens with zero attached hydrogens (tertiary/aromatic N) is 2. The van der Waals surface area contributed by atoms with Gasteiger partial charge in [-0.2, -0.15) is 0 Å². The minimum absolute atomic E-state index is 0.668. The summed E-state index contributed by atoms with van der Waals surface area (Å²) >= 11 is 0. The van der Waals surface area contributed by atoms with Crippen molar-refractivity contribution in [3.05, 3.63) is 48.2 Å². The van der Waals surface area contributed by atoms with Gasteiger partial charge in [-0.15, -0.1) is 0 Å². The van der Waals surface area contributed by atoms with Crippen molar-refractivity contribution < 1.29 is 0 Å². The maximum Gasteiger partial charge on any atom is 0.110 e. The Balaban J connectivity index is 2.15. The predicted molar refractivity (Wildman–Crippen MR) is 72.9 cm³/mol. The Morgan fingerprint density at radius 3 is 3.00 bits per heavy atom. The van der Waals surface area contributed by atoms with E-state index in [0.717, 1.165) is 23.4 Å². The molecule has 4 heteroatoms. The summed E-state index contributed by atoms with van der Waals surface area (Å²) in [5, 5.41) is 1.24. The zero-order valence-electron chi connectivity index (χ0n) is 10.4. The van der Waals surface area contributed by atoms with Crippen molar-refractivity contribution in [1.29, 1.82) is 0 Å². The molecular formula is C14H16N4. The first-order valence-corrected chi connectivity index (χ1v) is 6.10. The standard InChI is InChI=1S/C14H16N4/c1-10-16-6-7-18(10)12-2-3-14-13(8-12)11(4-5-15)9-17-14/h2-3,6-9,17H,4-5,15H2,1H3. The minimum atomic E-state index is 0.668. The lowest BCUT2D eigenvalue weighted by molar-refractivity contribution is 0.970. The van der Waals surface area contributed by atoms with Gasteiger partial charge in [-0.3, -0.25) is 0 Å². The molecule has 0 atom stereocenters. The number of nitrogens with two attached hydrogens (primary N) is 1. The molecule has 3 N–H and O–H groups in total. The summed E-state index contributed by atoms with van der Waals surface area (Å²) in [6.07, 6.45) is 6.73. The van der Waals surface area contributed by atoms with Gasteiger partial charge in [0.25, 0.3) is 0 Å². The molecule has 0 amide bonds. The number of aryl methyl sites for hydroxylation is 1. The van der Waals surface area contributed by atoms with Crippen molar-refractivity contribution in [2.75, 3.05) is 6.54 Å². The molecule has 0 spiro atoms. The molecule has 0 saturated carbocycles. The highest BCUT2D eigenvalue weighted by atomic mass is 15.1. The Morgan fingerprint density at radius 1 is 1.39 bits per heavy atom. The molecule has 0 unspecified atom stereocenters. The Labute approximate surface area is 105 Å². The van der Waals surface area contributed by atoms with Crippen LogP contribution in [0.25, 0.3) is 16.6 Å². The molecule has 92 valence electrons. The van der Waals surface area contributed by atoms with E-state index < -0.39 is 0 Å². The van der Waals surface area contributed by atoms with E-state index in [-0.39, 0.29) is 0 Å². The number of benzene rings is 1. The van der Waals surface area contributed by atoms with Crippen LogP contribution >= 0.6 is 0 Å². The fourth-order valence-electron chi connectivity index (χ4n) is 2.33. The van der Waals surface area contributed by atoms with Crippen LogP contribution in [0.2, 0.25) is 0 Å². The fraction of sp³-hybridized carbons (Fsp3) is 0.214. The van der Waals surface area contributed by atoms with Gasteiger partial charge in [0.1, 0.15) is 5.82 Å². The second-order valence-electron chi connectivity index (χ2n) is 4.43. The van der Waals surface area contributed by atoms with Crippen LogP contribution in [0.4, 0.5) is 0 Å². The zero-order chi connectivity index (χ0) is 12.5. The second-order valence-corrected chi connectivity index (χ2v) is 4.43. The van der Waals surface area contributed by atoms with Gasteiger partial charge >= 0.3 is 0 Å². The van der Waals surface area contributed by atoms with E-state index in [9.17, 15) is 0 Å². The largest absolute Gasteiger partial charge is 0.361 e.